The van der Waals surface area contributed by atoms with E-state index in [0.29, 0.717) is 0 Å². The molecule has 0 saturated heterocycles. The molecule has 15 heavy (non-hydrogen) atoms. The molecule has 0 aromatic heterocycles. The Labute approximate surface area is 85.0 Å². The van der Waals surface area contributed by atoms with Gasteiger partial charge in [0.2, 0.25) is 0 Å². The minimum Gasteiger partial charge on any atom is -0.450 e. The van der Waals surface area contributed by atoms with E-state index in [1.807, 2.05) is 0 Å². The van der Waals surface area contributed by atoms with E-state index in [0.717, 1.165) is 0 Å². The number of aliphatic hydroxyl groups excluding tert-OH is 5. The maximum atomic E-state index is 9.92. The second-order valence-electron chi connectivity index (χ2n) is 2.88. The summed E-state index contributed by atoms with van der Waals surface area (Å²) in [6, 6.07) is 0. The van der Waals surface area contributed by atoms with Gasteiger partial charge in [0.1, 0.15) is 31.0 Å². The zero-order chi connectivity index (χ0) is 12.0. The van der Waals surface area contributed by atoms with Crippen molar-refractivity contribution < 1.29 is 40.2 Å². The maximum Gasteiger partial charge on any atom is 0.505 e. The van der Waals surface area contributed by atoms with Gasteiger partial charge in [0.25, 0.3) is 0 Å². The molecule has 0 bridgehead atoms. The number of aliphatic hydroxyl groups is 5. The van der Waals surface area contributed by atoms with Crippen LogP contribution in [0.15, 0.2) is 0 Å². The van der Waals surface area contributed by atoms with Crippen molar-refractivity contribution in [1.82, 2.24) is 0 Å². The lowest BCUT2D eigenvalue weighted by Crippen LogP contribution is -2.47. The van der Waals surface area contributed by atoms with Crippen LogP contribution >= 0.6 is 0 Å². The molecular weight excluding hydrogens is 212 g/mol. The van der Waals surface area contributed by atoms with Gasteiger partial charge in [-0.3, -0.25) is 0 Å². The molecule has 0 aliphatic carbocycles. The SMILES string of the molecule is O=C(O)OC[C@@H](O)[C@@H](O)[C@H](O)[C@H](O)CO. The predicted molar refractivity (Wildman–Crippen MR) is 45.1 cm³/mol. The van der Waals surface area contributed by atoms with E-state index in [-0.39, 0.29) is 0 Å². The minimum atomic E-state index is -1.81. The third kappa shape index (κ3) is 4.91. The van der Waals surface area contributed by atoms with Crippen LogP contribution in [0, 0.1) is 0 Å². The fourth-order valence-corrected chi connectivity index (χ4v) is 0.818. The Morgan fingerprint density at radius 3 is 1.93 bits per heavy atom. The summed E-state index contributed by atoms with van der Waals surface area (Å²) < 4.78 is 3.94. The van der Waals surface area contributed by atoms with Crippen molar-refractivity contribution in [3.05, 3.63) is 0 Å². The van der Waals surface area contributed by atoms with Gasteiger partial charge < -0.3 is 35.4 Å². The van der Waals surface area contributed by atoms with Crippen molar-refractivity contribution in [1.29, 1.82) is 0 Å². The van der Waals surface area contributed by atoms with E-state index < -0.39 is 43.8 Å². The molecule has 0 aliphatic rings. The van der Waals surface area contributed by atoms with Crippen LogP contribution in [0.2, 0.25) is 0 Å². The molecule has 0 amide bonds. The van der Waals surface area contributed by atoms with Gasteiger partial charge in [-0.2, -0.15) is 0 Å². The Morgan fingerprint density at radius 1 is 1.07 bits per heavy atom. The second-order valence-corrected chi connectivity index (χ2v) is 2.88. The van der Waals surface area contributed by atoms with Crippen LogP contribution in [0.4, 0.5) is 4.79 Å². The number of carbonyl (C=O) groups is 1. The normalized spacial score (nSPS) is 19.0. The lowest BCUT2D eigenvalue weighted by atomic mass is 10.0. The average molecular weight is 226 g/mol. The molecule has 0 aliphatic heterocycles. The minimum absolute atomic E-state index is 0.744. The zero-order valence-electron chi connectivity index (χ0n) is 7.72. The van der Waals surface area contributed by atoms with Crippen LogP contribution in [0.1, 0.15) is 0 Å². The van der Waals surface area contributed by atoms with E-state index in [2.05, 4.69) is 4.74 Å². The molecule has 8 nitrogen and oxygen atoms in total. The van der Waals surface area contributed by atoms with Crippen molar-refractivity contribution >= 4 is 6.16 Å². The Kier molecular flexibility index (Phi) is 6.13. The molecule has 0 aromatic rings. The van der Waals surface area contributed by atoms with E-state index in [4.69, 9.17) is 30.6 Å². The average Bonchev–Trinajstić information content (AvgIpc) is 2.22. The van der Waals surface area contributed by atoms with Gasteiger partial charge in [-0.1, -0.05) is 0 Å². The number of carboxylic acid groups (broad SMARTS) is 1. The largest absolute Gasteiger partial charge is 0.505 e. The Hall–Kier alpha value is -0.930. The summed E-state index contributed by atoms with van der Waals surface area (Å²) in [5.41, 5.74) is 0. The fraction of sp³-hybridized carbons (Fsp3) is 0.857. The lowest BCUT2D eigenvalue weighted by Gasteiger charge is -2.24. The molecule has 4 atom stereocenters. The Bertz CT molecular complexity index is 195. The Morgan fingerprint density at radius 2 is 1.53 bits per heavy atom. The fourth-order valence-electron chi connectivity index (χ4n) is 0.818. The lowest BCUT2D eigenvalue weighted by molar-refractivity contribution is -0.125. The summed E-state index contributed by atoms with van der Waals surface area (Å²) in [6.07, 6.45) is -8.55. The van der Waals surface area contributed by atoms with Gasteiger partial charge in [0, 0.05) is 0 Å². The highest BCUT2D eigenvalue weighted by Gasteiger charge is 2.30. The molecule has 8 heteroatoms. The highest BCUT2D eigenvalue weighted by atomic mass is 16.7. The van der Waals surface area contributed by atoms with Crippen LogP contribution in [0.5, 0.6) is 0 Å². The van der Waals surface area contributed by atoms with Crippen LogP contribution < -0.4 is 0 Å². The molecule has 90 valence electrons. The van der Waals surface area contributed by atoms with Crippen LogP contribution in [-0.4, -0.2) is 74.4 Å². The molecule has 0 rings (SSSR count). The van der Waals surface area contributed by atoms with E-state index in [1.165, 1.54) is 0 Å². The van der Waals surface area contributed by atoms with Gasteiger partial charge in [-0.25, -0.2) is 4.79 Å². The molecule has 0 unspecified atom stereocenters. The standard InChI is InChI=1S/C7H14O8/c8-1-3(9)5(11)6(12)4(10)2-15-7(13)14/h3-6,8-12H,1-2H2,(H,13,14)/t3-,4-,5-,6-/m1/s1. The van der Waals surface area contributed by atoms with Gasteiger partial charge in [0.15, 0.2) is 0 Å². The third-order valence-corrected chi connectivity index (χ3v) is 1.70. The van der Waals surface area contributed by atoms with Gasteiger partial charge in [-0.05, 0) is 0 Å². The van der Waals surface area contributed by atoms with Crippen molar-refractivity contribution in [2.24, 2.45) is 0 Å². The van der Waals surface area contributed by atoms with Crippen molar-refractivity contribution in [3.8, 4) is 0 Å². The molecule has 0 saturated carbocycles. The number of ether oxygens (including phenoxy) is 1. The van der Waals surface area contributed by atoms with Gasteiger partial charge >= 0.3 is 6.16 Å². The second kappa shape index (κ2) is 6.53. The zero-order valence-corrected chi connectivity index (χ0v) is 7.72. The van der Waals surface area contributed by atoms with Crippen molar-refractivity contribution in [2.45, 2.75) is 24.4 Å². The molecule has 0 fully saturated rings. The predicted octanol–water partition coefficient (Wildman–Crippen LogP) is -2.88. The highest BCUT2D eigenvalue weighted by Crippen LogP contribution is 2.05. The summed E-state index contributed by atoms with van der Waals surface area (Å²) in [4.78, 5) is 9.92. The van der Waals surface area contributed by atoms with Gasteiger partial charge in [-0.15, -0.1) is 0 Å². The molecule has 0 radical (unpaired) electrons. The maximum absolute atomic E-state index is 9.92. The van der Waals surface area contributed by atoms with E-state index >= 15 is 0 Å². The summed E-state index contributed by atoms with van der Waals surface area (Å²) in [6.45, 7) is -1.55. The smallest absolute Gasteiger partial charge is 0.450 e. The quantitative estimate of drug-likeness (QED) is 0.264. The topological polar surface area (TPSA) is 148 Å². The molecular formula is C7H14O8. The number of hydrogen-bond donors (Lipinski definition) is 6. The summed E-state index contributed by atoms with van der Waals surface area (Å²) in [7, 11) is 0. The van der Waals surface area contributed by atoms with E-state index in [1.54, 1.807) is 0 Å². The third-order valence-electron chi connectivity index (χ3n) is 1.70. The molecule has 0 aromatic carbocycles. The van der Waals surface area contributed by atoms with Gasteiger partial charge in [0.05, 0.1) is 6.61 Å². The van der Waals surface area contributed by atoms with Crippen LogP contribution in [0.3, 0.4) is 0 Å². The highest BCUT2D eigenvalue weighted by molar-refractivity contribution is 5.56. The van der Waals surface area contributed by atoms with Crippen molar-refractivity contribution in [3.63, 3.8) is 0 Å². The first-order valence-electron chi connectivity index (χ1n) is 4.09. The van der Waals surface area contributed by atoms with E-state index in [9.17, 15) is 4.79 Å². The summed E-state index contributed by atoms with van der Waals surface area (Å²) >= 11 is 0. The molecule has 0 spiro atoms. The van der Waals surface area contributed by atoms with Crippen LogP contribution in [-0.2, 0) is 4.74 Å². The molecule has 0 heterocycles. The van der Waals surface area contributed by atoms with Crippen molar-refractivity contribution in [2.75, 3.05) is 13.2 Å². The number of rotatable bonds is 6. The Balaban J connectivity index is 4.06. The first-order chi connectivity index (χ1) is 6.90. The summed E-state index contributed by atoms with van der Waals surface area (Å²) in [5.74, 6) is 0. The summed E-state index contributed by atoms with van der Waals surface area (Å²) in [5, 5.41) is 52.7. The first-order valence-corrected chi connectivity index (χ1v) is 4.09. The number of hydrogen-bond acceptors (Lipinski definition) is 7. The van der Waals surface area contributed by atoms with Crippen LogP contribution in [0.25, 0.3) is 0 Å². The monoisotopic (exact) mass is 226 g/mol. The first kappa shape index (κ1) is 14.1. The molecule has 6 N–H and O–H groups in total.